The topological polar surface area (TPSA) is 66.8 Å². The van der Waals surface area contributed by atoms with Crippen molar-refractivity contribution < 1.29 is 19.4 Å². The molecule has 1 saturated heterocycles. The second kappa shape index (κ2) is 3.62. The van der Waals surface area contributed by atoms with E-state index in [2.05, 4.69) is 0 Å². The minimum absolute atomic E-state index is 0.0386. The van der Waals surface area contributed by atoms with Gasteiger partial charge in [0.1, 0.15) is 5.60 Å². The second-order valence-electron chi connectivity index (χ2n) is 6.00. The van der Waals surface area contributed by atoms with E-state index in [0.29, 0.717) is 12.5 Å². The highest BCUT2D eigenvalue weighted by molar-refractivity contribution is 5.75. The first-order chi connectivity index (χ1) is 7.74. The molecule has 0 aromatic rings. The summed E-state index contributed by atoms with van der Waals surface area (Å²) < 4.78 is 5.32. The van der Waals surface area contributed by atoms with E-state index in [9.17, 15) is 9.59 Å². The number of fused-ring (bicyclic) bond motifs is 1. The Labute approximate surface area is 101 Å². The zero-order chi connectivity index (χ0) is 12.8. The van der Waals surface area contributed by atoms with Crippen LogP contribution >= 0.6 is 0 Å². The lowest BCUT2D eigenvalue weighted by Crippen LogP contribution is -2.44. The van der Waals surface area contributed by atoms with E-state index in [1.165, 1.54) is 0 Å². The molecule has 1 saturated carbocycles. The number of piperidine rings is 1. The minimum Gasteiger partial charge on any atom is -0.481 e. The molecule has 1 aliphatic heterocycles. The van der Waals surface area contributed by atoms with E-state index < -0.39 is 17.1 Å². The first-order valence-electron chi connectivity index (χ1n) is 5.97. The van der Waals surface area contributed by atoms with Crippen LogP contribution in [0.3, 0.4) is 0 Å². The molecule has 0 spiro atoms. The van der Waals surface area contributed by atoms with Crippen LogP contribution in [0.25, 0.3) is 0 Å². The van der Waals surface area contributed by atoms with Crippen molar-refractivity contribution in [3.63, 3.8) is 0 Å². The number of hydrogen-bond donors (Lipinski definition) is 1. The van der Waals surface area contributed by atoms with Crippen LogP contribution in [0.15, 0.2) is 0 Å². The quantitative estimate of drug-likeness (QED) is 0.801. The van der Waals surface area contributed by atoms with Crippen molar-refractivity contribution in [2.75, 3.05) is 6.54 Å². The molecule has 2 aliphatic rings. The van der Waals surface area contributed by atoms with E-state index >= 15 is 0 Å². The van der Waals surface area contributed by atoms with Crippen LogP contribution in [-0.4, -0.2) is 39.8 Å². The fraction of sp³-hybridized carbons (Fsp3) is 0.833. The fourth-order valence-electron chi connectivity index (χ4n) is 2.74. The van der Waals surface area contributed by atoms with Crippen LogP contribution in [0.5, 0.6) is 0 Å². The molecule has 96 valence electrons. The van der Waals surface area contributed by atoms with Gasteiger partial charge in [-0.15, -0.1) is 0 Å². The van der Waals surface area contributed by atoms with E-state index in [1.807, 2.05) is 20.8 Å². The molecule has 17 heavy (non-hydrogen) atoms. The van der Waals surface area contributed by atoms with Crippen LogP contribution in [0, 0.1) is 5.92 Å². The van der Waals surface area contributed by atoms with Crippen LogP contribution in [-0.2, 0) is 9.53 Å². The highest BCUT2D eigenvalue weighted by atomic mass is 16.6. The standard InChI is InChI=1S/C12H19NO4/c1-11(2,3)17-10(16)13-5-4-8-6-12(8,13)7-9(14)15/h8H,4-7H2,1-3H3,(H,14,15). The summed E-state index contributed by atoms with van der Waals surface area (Å²) in [6.45, 7) is 6.06. The van der Waals surface area contributed by atoms with Gasteiger partial charge in [-0.05, 0) is 39.5 Å². The number of ether oxygens (including phenoxy) is 1. The Balaban J connectivity index is 2.06. The number of carbonyl (C=O) groups is 2. The molecule has 0 bridgehead atoms. The smallest absolute Gasteiger partial charge is 0.410 e. The first kappa shape index (κ1) is 12.2. The number of rotatable bonds is 2. The molecular weight excluding hydrogens is 222 g/mol. The van der Waals surface area contributed by atoms with Gasteiger partial charge in [0, 0.05) is 6.54 Å². The monoisotopic (exact) mass is 241 g/mol. The lowest BCUT2D eigenvalue weighted by Gasteiger charge is -2.30. The average Bonchev–Trinajstić information content (AvgIpc) is 2.66. The molecule has 0 radical (unpaired) electrons. The summed E-state index contributed by atoms with van der Waals surface area (Å²) in [5.41, 5.74) is -0.983. The summed E-state index contributed by atoms with van der Waals surface area (Å²) in [6, 6.07) is 0. The van der Waals surface area contributed by atoms with Gasteiger partial charge < -0.3 is 14.7 Å². The summed E-state index contributed by atoms with van der Waals surface area (Å²) in [7, 11) is 0. The number of likely N-dealkylation sites (tertiary alicyclic amines) is 1. The molecule has 1 aliphatic carbocycles. The zero-order valence-electron chi connectivity index (χ0n) is 10.5. The van der Waals surface area contributed by atoms with Gasteiger partial charge in [-0.2, -0.15) is 0 Å². The van der Waals surface area contributed by atoms with E-state index in [1.54, 1.807) is 4.90 Å². The van der Waals surface area contributed by atoms with Crippen molar-refractivity contribution in [2.24, 2.45) is 5.92 Å². The molecule has 2 fully saturated rings. The zero-order valence-corrected chi connectivity index (χ0v) is 10.5. The van der Waals surface area contributed by atoms with E-state index in [-0.39, 0.29) is 12.5 Å². The van der Waals surface area contributed by atoms with E-state index in [0.717, 1.165) is 12.8 Å². The number of carbonyl (C=O) groups excluding carboxylic acids is 1. The highest BCUT2D eigenvalue weighted by Crippen LogP contribution is 2.57. The number of nitrogens with zero attached hydrogens (tertiary/aromatic N) is 1. The molecule has 2 unspecified atom stereocenters. The number of carboxylic acid groups (broad SMARTS) is 1. The molecule has 1 amide bonds. The maximum atomic E-state index is 12.0. The molecular formula is C12H19NO4. The summed E-state index contributed by atoms with van der Waals surface area (Å²) >= 11 is 0. The third-order valence-corrected chi connectivity index (χ3v) is 3.51. The number of carboxylic acids is 1. The molecule has 5 heteroatoms. The number of hydrogen-bond acceptors (Lipinski definition) is 3. The molecule has 1 N–H and O–H groups in total. The van der Waals surface area contributed by atoms with Gasteiger partial charge in [-0.1, -0.05) is 0 Å². The Kier molecular flexibility index (Phi) is 2.60. The van der Waals surface area contributed by atoms with Crippen molar-refractivity contribution in [2.45, 2.75) is 51.2 Å². The fourth-order valence-corrected chi connectivity index (χ4v) is 2.74. The Hall–Kier alpha value is -1.26. The van der Waals surface area contributed by atoms with Gasteiger partial charge in [0.2, 0.25) is 0 Å². The van der Waals surface area contributed by atoms with E-state index in [4.69, 9.17) is 9.84 Å². The maximum absolute atomic E-state index is 12.0. The average molecular weight is 241 g/mol. The van der Waals surface area contributed by atoms with Crippen molar-refractivity contribution in [3.8, 4) is 0 Å². The number of aliphatic carboxylic acids is 1. The maximum Gasteiger partial charge on any atom is 0.410 e. The summed E-state index contributed by atoms with van der Waals surface area (Å²) in [6.07, 6.45) is 1.36. The lowest BCUT2D eigenvalue weighted by molar-refractivity contribution is -0.138. The number of amides is 1. The third kappa shape index (κ3) is 2.23. The van der Waals surface area contributed by atoms with Crippen molar-refractivity contribution in [1.82, 2.24) is 4.90 Å². The van der Waals surface area contributed by atoms with Crippen LogP contribution in [0.2, 0.25) is 0 Å². The molecule has 0 aromatic carbocycles. The summed E-state index contributed by atoms with van der Waals surface area (Å²) in [5.74, 6) is -0.492. The molecule has 0 aromatic heterocycles. The van der Waals surface area contributed by atoms with Crippen LogP contribution in [0.4, 0.5) is 4.79 Å². The van der Waals surface area contributed by atoms with Gasteiger partial charge in [0.15, 0.2) is 0 Å². The minimum atomic E-state index is -0.844. The highest BCUT2D eigenvalue weighted by Gasteiger charge is 2.64. The van der Waals surface area contributed by atoms with Gasteiger partial charge in [0.05, 0.1) is 12.0 Å². The summed E-state index contributed by atoms with van der Waals surface area (Å²) in [4.78, 5) is 24.5. The lowest BCUT2D eigenvalue weighted by atomic mass is 10.1. The second-order valence-corrected chi connectivity index (χ2v) is 6.00. The third-order valence-electron chi connectivity index (χ3n) is 3.51. The molecule has 2 rings (SSSR count). The van der Waals surface area contributed by atoms with Gasteiger partial charge >= 0.3 is 12.1 Å². The van der Waals surface area contributed by atoms with Gasteiger partial charge in [0.25, 0.3) is 0 Å². The predicted molar refractivity (Wildman–Crippen MR) is 60.6 cm³/mol. The van der Waals surface area contributed by atoms with Crippen molar-refractivity contribution in [3.05, 3.63) is 0 Å². The largest absolute Gasteiger partial charge is 0.481 e. The Morgan fingerprint density at radius 2 is 2.12 bits per heavy atom. The Morgan fingerprint density at radius 3 is 2.59 bits per heavy atom. The predicted octanol–water partition coefficient (Wildman–Crippen LogP) is 1.86. The van der Waals surface area contributed by atoms with Gasteiger partial charge in [-0.25, -0.2) is 4.79 Å². The van der Waals surface area contributed by atoms with Crippen LogP contribution < -0.4 is 0 Å². The van der Waals surface area contributed by atoms with Crippen molar-refractivity contribution >= 4 is 12.1 Å². The van der Waals surface area contributed by atoms with Crippen LogP contribution in [0.1, 0.15) is 40.0 Å². The Bertz CT molecular complexity index is 360. The normalized spacial score (nSPS) is 31.0. The summed E-state index contributed by atoms with van der Waals surface area (Å²) in [5, 5.41) is 8.92. The van der Waals surface area contributed by atoms with Crippen molar-refractivity contribution in [1.29, 1.82) is 0 Å². The SMILES string of the molecule is CC(C)(C)OC(=O)N1CCC2CC21CC(=O)O. The van der Waals surface area contributed by atoms with Gasteiger partial charge in [-0.3, -0.25) is 4.79 Å². The first-order valence-corrected chi connectivity index (χ1v) is 5.97. The molecule has 2 atom stereocenters. The Morgan fingerprint density at radius 1 is 1.47 bits per heavy atom. The molecule has 5 nitrogen and oxygen atoms in total. The molecule has 1 heterocycles.